The second-order valence-electron chi connectivity index (χ2n) is 5.06. The predicted octanol–water partition coefficient (Wildman–Crippen LogP) is 4.54. The van der Waals surface area contributed by atoms with Gasteiger partial charge in [-0.2, -0.15) is 0 Å². The van der Waals surface area contributed by atoms with Crippen LogP contribution in [0.3, 0.4) is 0 Å². The van der Waals surface area contributed by atoms with Gasteiger partial charge < -0.3 is 10.3 Å². The van der Waals surface area contributed by atoms with Crippen molar-refractivity contribution in [2.75, 3.05) is 5.32 Å². The Labute approximate surface area is 174 Å². The van der Waals surface area contributed by atoms with Crippen LogP contribution in [0.5, 0.6) is 0 Å². The average molecular weight is 513 g/mol. The maximum atomic E-state index is 10.9. The van der Waals surface area contributed by atoms with E-state index in [9.17, 15) is 25.0 Å². The highest BCUT2D eigenvalue weighted by Crippen LogP contribution is 2.27. The molecule has 0 aliphatic rings. The van der Waals surface area contributed by atoms with Gasteiger partial charge in [-0.3, -0.25) is 25.0 Å². The van der Waals surface area contributed by atoms with Crippen LogP contribution in [0.1, 0.15) is 0 Å². The summed E-state index contributed by atoms with van der Waals surface area (Å²) in [6.07, 6.45) is 2.85. The van der Waals surface area contributed by atoms with Crippen molar-refractivity contribution in [2.24, 2.45) is 0 Å². The predicted molar refractivity (Wildman–Crippen MR) is 110 cm³/mol. The molecule has 3 rings (SSSR count). The van der Waals surface area contributed by atoms with Gasteiger partial charge >= 0.3 is 16.9 Å². The van der Waals surface area contributed by atoms with Gasteiger partial charge in [0.1, 0.15) is 0 Å². The number of nitrogens with one attached hydrogen (secondary N) is 2. The number of halogens is 2. The van der Waals surface area contributed by atoms with Crippen molar-refractivity contribution in [3.8, 4) is 0 Å². The molecule has 2 N–H and O–H groups in total. The molecule has 1 aromatic carbocycles. The summed E-state index contributed by atoms with van der Waals surface area (Å²) in [5.41, 5.74) is -0.466. The van der Waals surface area contributed by atoms with E-state index >= 15 is 0 Å². The minimum Gasteiger partial charge on any atom is -0.334 e. The van der Waals surface area contributed by atoms with Crippen molar-refractivity contribution in [2.45, 2.75) is 0 Å². The van der Waals surface area contributed by atoms with E-state index in [-0.39, 0.29) is 11.5 Å². The number of benzene rings is 1. The van der Waals surface area contributed by atoms with Gasteiger partial charge in [-0.25, -0.2) is 4.98 Å². The Kier molecular flexibility index (Phi) is 7.35. The van der Waals surface area contributed by atoms with Gasteiger partial charge in [-0.1, -0.05) is 18.2 Å². The number of H-pyrrole nitrogens is 1. The first-order valence-electron chi connectivity index (χ1n) is 7.42. The summed E-state index contributed by atoms with van der Waals surface area (Å²) in [7, 11) is 0. The highest BCUT2D eigenvalue weighted by molar-refractivity contribution is 9.10. The zero-order valence-electron chi connectivity index (χ0n) is 13.8. The van der Waals surface area contributed by atoms with Crippen LogP contribution in [0.15, 0.2) is 68.6 Å². The Morgan fingerprint density at radius 3 is 2.14 bits per heavy atom. The average Bonchev–Trinajstić information content (AvgIpc) is 2.66. The van der Waals surface area contributed by atoms with Crippen molar-refractivity contribution < 1.29 is 9.85 Å². The van der Waals surface area contributed by atoms with E-state index in [1.807, 2.05) is 30.3 Å². The molecule has 0 spiro atoms. The Bertz CT molecular complexity index is 1060. The molecular weight excluding hydrogens is 502 g/mol. The third kappa shape index (κ3) is 5.96. The molecular formula is C16H11Br2N5O5. The molecule has 0 bridgehead atoms. The lowest BCUT2D eigenvalue weighted by Crippen LogP contribution is -2.09. The van der Waals surface area contributed by atoms with Gasteiger partial charge in [0.05, 0.1) is 9.85 Å². The number of anilines is 2. The smallest absolute Gasteiger partial charge is 0.334 e. The zero-order chi connectivity index (χ0) is 20.7. The first-order valence-corrected chi connectivity index (χ1v) is 9.01. The number of hydrogen-bond donors (Lipinski definition) is 2. The summed E-state index contributed by atoms with van der Waals surface area (Å²) in [4.78, 5) is 36.7. The molecule has 0 unspecified atom stereocenters. The van der Waals surface area contributed by atoms with Gasteiger partial charge in [0.25, 0.3) is 0 Å². The topological polar surface area (TPSA) is 144 Å². The fourth-order valence-electron chi connectivity index (χ4n) is 1.90. The second-order valence-corrected chi connectivity index (χ2v) is 6.89. The van der Waals surface area contributed by atoms with E-state index in [1.165, 1.54) is 18.5 Å². The summed E-state index contributed by atoms with van der Waals surface area (Å²) < 4.78 is 1.05. The first kappa shape index (κ1) is 21.2. The maximum absolute atomic E-state index is 10.9. The normalized spacial score (nSPS) is 9.79. The number of pyridine rings is 2. The second kappa shape index (κ2) is 9.71. The number of aromatic nitrogens is 2. The summed E-state index contributed by atoms with van der Waals surface area (Å²) in [5, 5.41) is 23.9. The summed E-state index contributed by atoms with van der Waals surface area (Å²) >= 11 is 6.15. The monoisotopic (exact) mass is 511 g/mol. The van der Waals surface area contributed by atoms with E-state index in [4.69, 9.17) is 0 Å². The molecule has 0 radical (unpaired) electrons. The molecule has 3 aromatic rings. The van der Waals surface area contributed by atoms with Crippen molar-refractivity contribution >= 4 is 54.7 Å². The Morgan fingerprint density at radius 1 is 0.964 bits per heavy atom. The fourth-order valence-corrected chi connectivity index (χ4v) is 2.55. The molecule has 0 amide bonds. The van der Waals surface area contributed by atoms with Crippen LogP contribution >= 0.6 is 31.9 Å². The highest BCUT2D eigenvalue weighted by Gasteiger charge is 2.15. The minimum atomic E-state index is -0.733. The SMILES string of the molecule is O=[N+]([O-])c1cc(Br)cnc1Nc1ccccc1.O=c1[nH]cc(Br)cc1[N+](=O)[O-]. The van der Waals surface area contributed by atoms with Gasteiger partial charge in [0.15, 0.2) is 0 Å². The lowest BCUT2D eigenvalue weighted by atomic mass is 10.3. The molecule has 2 heterocycles. The number of para-hydroxylation sites is 1. The van der Waals surface area contributed by atoms with E-state index < -0.39 is 21.1 Å². The maximum Gasteiger partial charge on any atom is 0.334 e. The quantitative estimate of drug-likeness (QED) is 0.385. The highest BCUT2D eigenvalue weighted by atomic mass is 79.9. The van der Waals surface area contributed by atoms with Crippen LogP contribution in [0.25, 0.3) is 0 Å². The van der Waals surface area contributed by atoms with E-state index in [2.05, 4.69) is 47.1 Å². The first-order chi connectivity index (χ1) is 13.3. The molecule has 10 nitrogen and oxygen atoms in total. The molecule has 144 valence electrons. The summed E-state index contributed by atoms with van der Waals surface area (Å²) in [6, 6.07) is 11.7. The standard InChI is InChI=1S/C11H8BrN3O2.C5H3BrN2O3/c12-8-6-10(15(16)17)11(13-7-8)14-9-4-2-1-3-5-9;6-3-1-4(8(10)11)5(9)7-2-3/h1-7H,(H,13,14);1-2H,(H,7,9). The lowest BCUT2D eigenvalue weighted by molar-refractivity contribution is -0.386. The van der Waals surface area contributed by atoms with Gasteiger partial charge in [0.2, 0.25) is 5.82 Å². The summed E-state index contributed by atoms with van der Waals surface area (Å²) in [5.74, 6) is 0.226. The fraction of sp³-hybridized carbons (Fsp3) is 0. The van der Waals surface area contributed by atoms with Crippen LogP contribution in [0, 0.1) is 20.2 Å². The van der Waals surface area contributed by atoms with Crippen LogP contribution < -0.4 is 10.9 Å². The number of nitrogens with zero attached hydrogens (tertiary/aromatic N) is 3. The molecule has 0 fully saturated rings. The molecule has 0 aliphatic heterocycles. The Balaban J connectivity index is 0.000000221. The molecule has 12 heteroatoms. The van der Waals surface area contributed by atoms with Crippen LogP contribution in [0.4, 0.5) is 22.9 Å². The number of nitro groups is 2. The Morgan fingerprint density at radius 2 is 1.57 bits per heavy atom. The number of hydrogen-bond acceptors (Lipinski definition) is 7. The van der Waals surface area contributed by atoms with Crippen molar-refractivity contribution in [1.82, 2.24) is 9.97 Å². The van der Waals surface area contributed by atoms with Crippen LogP contribution in [0.2, 0.25) is 0 Å². The van der Waals surface area contributed by atoms with Crippen LogP contribution in [-0.4, -0.2) is 19.8 Å². The number of aromatic amines is 1. The molecule has 2 aromatic heterocycles. The Hall–Kier alpha value is -3.12. The van der Waals surface area contributed by atoms with Crippen molar-refractivity contribution in [1.29, 1.82) is 0 Å². The van der Waals surface area contributed by atoms with E-state index in [1.54, 1.807) is 0 Å². The summed E-state index contributed by atoms with van der Waals surface area (Å²) in [6.45, 7) is 0. The zero-order valence-corrected chi connectivity index (χ0v) is 17.0. The molecule has 0 aliphatic carbocycles. The van der Waals surface area contributed by atoms with Gasteiger partial charge in [0, 0.05) is 39.2 Å². The largest absolute Gasteiger partial charge is 0.334 e. The third-order valence-electron chi connectivity index (χ3n) is 3.11. The van der Waals surface area contributed by atoms with E-state index in [0.717, 1.165) is 11.8 Å². The van der Waals surface area contributed by atoms with Crippen LogP contribution in [-0.2, 0) is 0 Å². The molecule has 0 saturated heterocycles. The molecule has 0 saturated carbocycles. The minimum absolute atomic E-state index is 0.0665. The lowest BCUT2D eigenvalue weighted by Gasteiger charge is -2.05. The van der Waals surface area contributed by atoms with Crippen molar-refractivity contribution in [3.63, 3.8) is 0 Å². The van der Waals surface area contributed by atoms with Crippen molar-refractivity contribution in [3.05, 3.63) is 94.4 Å². The van der Waals surface area contributed by atoms with E-state index in [0.29, 0.717) is 8.95 Å². The number of rotatable bonds is 4. The molecule has 28 heavy (non-hydrogen) atoms. The van der Waals surface area contributed by atoms with Gasteiger partial charge in [-0.05, 0) is 44.0 Å². The van der Waals surface area contributed by atoms with Gasteiger partial charge in [-0.15, -0.1) is 0 Å². The molecule has 0 atom stereocenters. The third-order valence-corrected chi connectivity index (χ3v) is 4.00.